The number of aliphatic carboxylic acids is 1. The summed E-state index contributed by atoms with van der Waals surface area (Å²) in [5.74, 6) is -1.33. The van der Waals surface area contributed by atoms with Crippen molar-refractivity contribution in [2.24, 2.45) is 0 Å². The Hall–Kier alpha value is -2.72. The quantitative estimate of drug-likeness (QED) is 0.413. The number of aliphatic hydroxyl groups excluding tert-OH is 2. The number of alkyl carbamates (subject to hydrolysis) is 1. The first-order valence-corrected chi connectivity index (χ1v) is 7.72. The predicted octanol–water partition coefficient (Wildman–Crippen LogP) is 1.36. The van der Waals surface area contributed by atoms with Gasteiger partial charge in [0, 0.05) is 12.1 Å². The number of carbonyl (C=O) groups is 2. The van der Waals surface area contributed by atoms with Gasteiger partial charge in [0.15, 0.2) is 0 Å². The van der Waals surface area contributed by atoms with Crippen molar-refractivity contribution in [3.63, 3.8) is 0 Å². The molecule has 1 aromatic rings. The molecule has 0 bridgehead atoms. The van der Waals surface area contributed by atoms with E-state index in [-0.39, 0.29) is 11.3 Å². The van der Waals surface area contributed by atoms with Crippen LogP contribution in [0.4, 0.5) is 10.5 Å². The summed E-state index contributed by atoms with van der Waals surface area (Å²) in [5.41, 5.74) is -0.894. The monoisotopic (exact) mass is 370 g/mol. The van der Waals surface area contributed by atoms with Crippen LogP contribution in [-0.4, -0.2) is 50.1 Å². The zero-order chi connectivity index (χ0) is 20.1. The van der Waals surface area contributed by atoms with Crippen LogP contribution in [0.2, 0.25) is 0 Å². The van der Waals surface area contributed by atoms with E-state index >= 15 is 0 Å². The zero-order valence-electron chi connectivity index (χ0n) is 14.6. The van der Waals surface area contributed by atoms with E-state index in [0.717, 1.165) is 12.1 Å². The van der Waals surface area contributed by atoms with E-state index in [1.165, 1.54) is 12.1 Å². The second kappa shape index (κ2) is 8.59. The molecule has 0 aliphatic rings. The van der Waals surface area contributed by atoms with Crippen molar-refractivity contribution in [2.75, 3.05) is 0 Å². The molecule has 0 saturated heterocycles. The lowest BCUT2D eigenvalue weighted by atomic mass is 9.96. The predicted molar refractivity (Wildman–Crippen MR) is 89.5 cm³/mol. The smallest absolute Gasteiger partial charge is 0.408 e. The fourth-order valence-corrected chi connectivity index (χ4v) is 2.14. The van der Waals surface area contributed by atoms with Gasteiger partial charge in [0.25, 0.3) is 5.69 Å². The number of nitro groups is 1. The molecular weight excluding hydrogens is 348 g/mol. The molecule has 0 saturated carbocycles. The Morgan fingerprint density at radius 1 is 1.23 bits per heavy atom. The molecule has 0 heterocycles. The van der Waals surface area contributed by atoms with Crippen LogP contribution in [0.25, 0.3) is 0 Å². The molecule has 3 atom stereocenters. The SMILES string of the molecule is CC(C)(C)OC(=O)N[C@H](C(O)c1ccc([N+](=O)[O-])cc1)[C@@H](O)CC(=O)O. The Labute approximate surface area is 149 Å². The molecular formula is C16H22N2O8. The number of benzene rings is 1. The molecule has 1 amide bonds. The third-order valence-electron chi connectivity index (χ3n) is 3.27. The minimum Gasteiger partial charge on any atom is -0.481 e. The molecule has 10 nitrogen and oxygen atoms in total. The number of carboxylic acid groups (broad SMARTS) is 1. The van der Waals surface area contributed by atoms with Gasteiger partial charge in [-0.25, -0.2) is 4.79 Å². The average molecular weight is 370 g/mol. The van der Waals surface area contributed by atoms with Gasteiger partial charge in [-0.1, -0.05) is 0 Å². The summed E-state index contributed by atoms with van der Waals surface area (Å²) < 4.78 is 5.05. The molecule has 0 aliphatic carbocycles. The normalized spacial score (nSPS) is 14.8. The van der Waals surface area contributed by atoms with Crippen LogP contribution in [0.3, 0.4) is 0 Å². The highest BCUT2D eigenvalue weighted by molar-refractivity contribution is 5.70. The number of nitrogens with one attached hydrogen (secondary N) is 1. The Morgan fingerprint density at radius 3 is 2.19 bits per heavy atom. The van der Waals surface area contributed by atoms with E-state index in [9.17, 15) is 29.9 Å². The average Bonchev–Trinajstić information content (AvgIpc) is 2.49. The van der Waals surface area contributed by atoms with Gasteiger partial charge >= 0.3 is 12.1 Å². The van der Waals surface area contributed by atoms with Crippen LogP contribution in [0.1, 0.15) is 38.9 Å². The second-order valence-electron chi connectivity index (χ2n) is 6.63. The standard InChI is InChI=1S/C16H22N2O8/c1-16(2,3)26-15(23)17-13(11(19)8-12(20)21)14(22)9-4-6-10(7-5-9)18(24)25/h4-7,11,13-14,19,22H,8H2,1-3H3,(H,17,23)(H,20,21)/t11-,13-,14?/m0/s1. The van der Waals surface area contributed by atoms with Crippen molar-refractivity contribution in [3.05, 3.63) is 39.9 Å². The van der Waals surface area contributed by atoms with Gasteiger partial charge in [0.1, 0.15) is 11.7 Å². The van der Waals surface area contributed by atoms with Gasteiger partial charge < -0.3 is 25.4 Å². The number of carboxylic acids is 1. The number of ether oxygens (including phenoxy) is 1. The molecule has 1 unspecified atom stereocenters. The highest BCUT2D eigenvalue weighted by atomic mass is 16.6. The fourth-order valence-electron chi connectivity index (χ4n) is 2.14. The molecule has 144 valence electrons. The van der Waals surface area contributed by atoms with Gasteiger partial charge in [-0.2, -0.15) is 0 Å². The zero-order valence-corrected chi connectivity index (χ0v) is 14.6. The molecule has 26 heavy (non-hydrogen) atoms. The van der Waals surface area contributed by atoms with Gasteiger partial charge in [-0.05, 0) is 38.5 Å². The van der Waals surface area contributed by atoms with Gasteiger partial charge in [0.2, 0.25) is 0 Å². The first-order chi connectivity index (χ1) is 11.9. The van der Waals surface area contributed by atoms with Crippen LogP contribution in [0.5, 0.6) is 0 Å². The topological polar surface area (TPSA) is 159 Å². The third kappa shape index (κ3) is 6.65. The Morgan fingerprint density at radius 2 is 1.77 bits per heavy atom. The Kier molecular flexibility index (Phi) is 7.04. The van der Waals surface area contributed by atoms with Crippen molar-refractivity contribution < 1.29 is 34.6 Å². The summed E-state index contributed by atoms with van der Waals surface area (Å²) in [7, 11) is 0. The molecule has 1 rings (SSSR count). The van der Waals surface area contributed by atoms with Gasteiger partial charge in [0.05, 0.1) is 23.5 Å². The number of hydrogen-bond donors (Lipinski definition) is 4. The van der Waals surface area contributed by atoms with Gasteiger partial charge in [-0.15, -0.1) is 0 Å². The summed E-state index contributed by atoms with van der Waals surface area (Å²) in [6.45, 7) is 4.84. The van der Waals surface area contributed by atoms with Crippen LogP contribution >= 0.6 is 0 Å². The number of nitrogens with zero attached hydrogens (tertiary/aromatic N) is 1. The van der Waals surface area contributed by atoms with E-state index in [4.69, 9.17) is 9.84 Å². The van der Waals surface area contributed by atoms with E-state index < -0.39 is 47.3 Å². The van der Waals surface area contributed by atoms with Crippen LogP contribution in [0, 0.1) is 10.1 Å². The highest BCUT2D eigenvalue weighted by Gasteiger charge is 2.33. The minimum absolute atomic E-state index is 0.154. The van der Waals surface area contributed by atoms with Crippen LogP contribution < -0.4 is 5.32 Å². The maximum absolute atomic E-state index is 11.9. The summed E-state index contributed by atoms with van der Waals surface area (Å²) in [6, 6.07) is 3.39. The molecule has 1 aromatic carbocycles. The molecule has 4 N–H and O–H groups in total. The maximum atomic E-state index is 11.9. The van der Waals surface area contributed by atoms with Crippen molar-refractivity contribution >= 4 is 17.7 Å². The van der Waals surface area contributed by atoms with Crippen LogP contribution in [-0.2, 0) is 9.53 Å². The van der Waals surface area contributed by atoms with Crippen molar-refractivity contribution in [1.29, 1.82) is 0 Å². The molecule has 0 fully saturated rings. The largest absolute Gasteiger partial charge is 0.481 e. The number of rotatable bonds is 7. The van der Waals surface area contributed by atoms with Crippen molar-refractivity contribution in [1.82, 2.24) is 5.32 Å². The Balaban J connectivity index is 3.03. The van der Waals surface area contributed by atoms with E-state index in [1.54, 1.807) is 20.8 Å². The number of non-ortho nitro benzene ring substituents is 1. The number of amides is 1. The summed E-state index contributed by atoms with van der Waals surface area (Å²) in [6.07, 6.45) is -4.82. The maximum Gasteiger partial charge on any atom is 0.408 e. The van der Waals surface area contributed by atoms with E-state index in [1.807, 2.05) is 0 Å². The lowest BCUT2D eigenvalue weighted by molar-refractivity contribution is -0.384. The number of aliphatic hydroxyl groups is 2. The lowest BCUT2D eigenvalue weighted by Gasteiger charge is -2.29. The van der Waals surface area contributed by atoms with Crippen LogP contribution in [0.15, 0.2) is 24.3 Å². The molecule has 10 heteroatoms. The highest BCUT2D eigenvalue weighted by Crippen LogP contribution is 2.23. The minimum atomic E-state index is -1.62. The second-order valence-corrected chi connectivity index (χ2v) is 6.63. The van der Waals surface area contributed by atoms with E-state index in [2.05, 4.69) is 5.32 Å². The molecule has 0 aromatic heterocycles. The Bertz CT molecular complexity index is 653. The number of hydrogen-bond acceptors (Lipinski definition) is 7. The summed E-state index contributed by atoms with van der Waals surface area (Å²) >= 11 is 0. The molecule has 0 radical (unpaired) electrons. The van der Waals surface area contributed by atoms with Crippen molar-refractivity contribution in [3.8, 4) is 0 Å². The first-order valence-electron chi connectivity index (χ1n) is 7.72. The van der Waals surface area contributed by atoms with Gasteiger partial charge in [-0.3, -0.25) is 14.9 Å². The first kappa shape index (κ1) is 21.3. The van der Waals surface area contributed by atoms with E-state index in [0.29, 0.717) is 0 Å². The lowest BCUT2D eigenvalue weighted by Crippen LogP contribution is -2.49. The molecule has 0 aliphatic heterocycles. The molecule has 0 spiro atoms. The van der Waals surface area contributed by atoms with Crippen molar-refractivity contribution in [2.45, 2.75) is 51.0 Å². The third-order valence-corrected chi connectivity index (χ3v) is 3.27. The fraction of sp³-hybridized carbons (Fsp3) is 0.500. The summed E-state index contributed by atoms with van der Waals surface area (Å²) in [4.78, 5) is 32.9. The number of carbonyl (C=O) groups excluding carboxylic acids is 1. The number of nitro benzene ring substituents is 1. The summed E-state index contributed by atoms with van der Waals surface area (Å²) in [5, 5.41) is 42.3.